The highest BCUT2D eigenvalue weighted by Crippen LogP contribution is 2.37. The van der Waals surface area contributed by atoms with Crippen LogP contribution in [0.4, 0.5) is 0 Å². The SMILES string of the molecule is O=C(C=Cc1cc2ccsc2c(Cl)c1Cl)OC(=O)C1CCNCC1. The maximum Gasteiger partial charge on any atom is 0.338 e. The topological polar surface area (TPSA) is 55.4 Å². The summed E-state index contributed by atoms with van der Waals surface area (Å²) in [6.07, 6.45) is 4.09. The molecule has 126 valence electrons. The number of halogens is 2. The van der Waals surface area contributed by atoms with Crippen LogP contribution < -0.4 is 5.32 Å². The maximum absolute atomic E-state index is 11.9. The molecule has 0 aliphatic carbocycles. The lowest BCUT2D eigenvalue weighted by molar-refractivity contribution is -0.160. The Kier molecular flexibility index (Phi) is 5.56. The number of nitrogens with one attached hydrogen (secondary N) is 1. The van der Waals surface area contributed by atoms with E-state index in [1.807, 2.05) is 17.5 Å². The molecule has 0 saturated carbocycles. The zero-order valence-corrected chi connectivity index (χ0v) is 15.0. The fourth-order valence-electron chi connectivity index (χ4n) is 2.62. The van der Waals surface area contributed by atoms with Crippen molar-refractivity contribution in [3.8, 4) is 0 Å². The predicted octanol–water partition coefficient (Wildman–Crippen LogP) is 4.29. The normalized spacial score (nSPS) is 15.9. The van der Waals surface area contributed by atoms with Gasteiger partial charge in [-0.3, -0.25) is 4.79 Å². The van der Waals surface area contributed by atoms with E-state index in [1.54, 1.807) is 0 Å². The number of benzene rings is 1. The lowest BCUT2D eigenvalue weighted by Gasteiger charge is -2.19. The van der Waals surface area contributed by atoms with Gasteiger partial charge in [-0.25, -0.2) is 4.79 Å². The van der Waals surface area contributed by atoms with E-state index in [9.17, 15) is 9.59 Å². The Bertz CT molecular complexity index is 810. The quantitative estimate of drug-likeness (QED) is 0.487. The minimum absolute atomic E-state index is 0.219. The van der Waals surface area contributed by atoms with Gasteiger partial charge in [0.05, 0.1) is 20.7 Å². The van der Waals surface area contributed by atoms with Crippen LogP contribution in [0, 0.1) is 5.92 Å². The average Bonchev–Trinajstić information content (AvgIpc) is 3.06. The van der Waals surface area contributed by atoms with Crippen molar-refractivity contribution in [3.05, 3.63) is 39.2 Å². The van der Waals surface area contributed by atoms with Gasteiger partial charge in [-0.2, -0.15) is 0 Å². The molecule has 1 N–H and O–H groups in total. The molecule has 24 heavy (non-hydrogen) atoms. The van der Waals surface area contributed by atoms with Gasteiger partial charge in [0.2, 0.25) is 0 Å². The first-order chi connectivity index (χ1) is 11.6. The number of piperidine rings is 1. The van der Waals surface area contributed by atoms with Crippen LogP contribution >= 0.6 is 34.5 Å². The summed E-state index contributed by atoms with van der Waals surface area (Å²) in [5.41, 5.74) is 0.610. The molecule has 0 bridgehead atoms. The van der Waals surface area contributed by atoms with Crippen molar-refractivity contribution < 1.29 is 14.3 Å². The number of carbonyl (C=O) groups is 2. The van der Waals surface area contributed by atoms with Crippen LogP contribution in [0.1, 0.15) is 18.4 Å². The summed E-state index contributed by atoms with van der Waals surface area (Å²) in [7, 11) is 0. The molecule has 1 saturated heterocycles. The van der Waals surface area contributed by atoms with E-state index < -0.39 is 11.9 Å². The third-order valence-corrected chi connectivity index (χ3v) is 5.87. The van der Waals surface area contributed by atoms with Crippen molar-refractivity contribution in [1.29, 1.82) is 0 Å². The van der Waals surface area contributed by atoms with Gasteiger partial charge in [0, 0.05) is 6.08 Å². The number of esters is 2. The van der Waals surface area contributed by atoms with Crippen molar-refractivity contribution in [2.45, 2.75) is 12.8 Å². The zero-order chi connectivity index (χ0) is 17.1. The second-order valence-electron chi connectivity index (χ2n) is 5.53. The predicted molar refractivity (Wildman–Crippen MR) is 97.6 cm³/mol. The van der Waals surface area contributed by atoms with Crippen LogP contribution in [0.5, 0.6) is 0 Å². The van der Waals surface area contributed by atoms with E-state index in [1.165, 1.54) is 23.5 Å². The molecule has 4 nitrogen and oxygen atoms in total. The van der Waals surface area contributed by atoms with E-state index in [0.29, 0.717) is 28.5 Å². The highest BCUT2D eigenvalue weighted by atomic mass is 35.5. The lowest BCUT2D eigenvalue weighted by Crippen LogP contribution is -2.33. The summed E-state index contributed by atoms with van der Waals surface area (Å²) in [6, 6.07) is 3.77. The van der Waals surface area contributed by atoms with Crippen LogP contribution in [0.3, 0.4) is 0 Å². The average molecular weight is 384 g/mol. The third kappa shape index (κ3) is 3.81. The van der Waals surface area contributed by atoms with Crippen LogP contribution in [-0.4, -0.2) is 25.0 Å². The number of hydrogen-bond donors (Lipinski definition) is 1. The molecule has 3 rings (SSSR count). The fraction of sp³-hybridized carbons (Fsp3) is 0.294. The number of fused-ring (bicyclic) bond motifs is 1. The van der Waals surface area contributed by atoms with Crippen molar-refractivity contribution in [2.75, 3.05) is 13.1 Å². The Morgan fingerprint density at radius 3 is 2.75 bits per heavy atom. The second-order valence-corrected chi connectivity index (χ2v) is 7.20. The van der Waals surface area contributed by atoms with Crippen LogP contribution in [-0.2, 0) is 14.3 Å². The van der Waals surface area contributed by atoms with Gasteiger partial charge in [-0.1, -0.05) is 23.2 Å². The molecule has 2 heterocycles. The maximum atomic E-state index is 11.9. The molecular weight excluding hydrogens is 369 g/mol. The first kappa shape index (κ1) is 17.4. The van der Waals surface area contributed by atoms with Crippen molar-refractivity contribution >= 4 is 62.6 Å². The van der Waals surface area contributed by atoms with Crippen LogP contribution in [0.15, 0.2) is 23.6 Å². The van der Waals surface area contributed by atoms with Crippen LogP contribution in [0.25, 0.3) is 16.2 Å². The highest BCUT2D eigenvalue weighted by molar-refractivity contribution is 7.18. The van der Waals surface area contributed by atoms with Gasteiger partial charge < -0.3 is 10.1 Å². The first-order valence-electron chi connectivity index (χ1n) is 7.56. The number of hydrogen-bond acceptors (Lipinski definition) is 5. The summed E-state index contributed by atoms with van der Waals surface area (Å²) in [5.74, 6) is -1.39. The second kappa shape index (κ2) is 7.66. The molecule has 7 heteroatoms. The molecule has 1 aliphatic rings. The fourth-order valence-corrected chi connectivity index (χ4v) is 4.06. The van der Waals surface area contributed by atoms with Gasteiger partial charge >= 0.3 is 11.9 Å². The molecule has 0 unspecified atom stereocenters. The van der Waals surface area contributed by atoms with Gasteiger partial charge in [0.15, 0.2) is 0 Å². The van der Waals surface area contributed by atoms with E-state index in [0.717, 1.165) is 23.2 Å². The van der Waals surface area contributed by atoms with Gasteiger partial charge in [-0.15, -0.1) is 11.3 Å². The zero-order valence-electron chi connectivity index (χ0n) is 12.7. The molecule has 1 aromatic heterocycles. The molecule has 0 amide bonds. The Morgan fingerprint density at radius 1 is 1.25 bits per heavy atom. The van der Waals surface area contributed by atoms with Crippen LogP contribution in [0.2, 0.25) is 10.0 Å². The Hall–Kier alpha value is -1.40. The summed E-state index contributed by atoms with van der Waals surface area (Å²) in [5, 5.41) is 6.87. The molecule has 0 atom stereocenters. The van der Waals surface area contributed by atoms with Gasteiger partial charge in [-0.05, 0) is 60.5 Å². The molecule has 1 aromatic carbocycles. The summed E-state index contributed by atoms with van der Waals surface area (Å²) in [6.45, 7) is 1.52. The number of rotatable bonds is 3. The Labute approximate surface area is 153 Å². The largest absolute Gasteiger partial charge is 0.390 e. The molecule has 0 spiro atoms. The summed E-state index contributed by atoms with van der Waals surface area (Å²) in [4.78, 5) is 23.8. The lowest BCUT2D eigenvalue weighted by atomic mass is 9.99. The molecule has 2 aromatic rings. The summed E-state index contributed by atoms with van der Waals surface area (Å²) < 4.78 is 5.79. The van der Waals surface area contributed by atoms with Gasteiger partial charge in [0.25, 0.3) is 0 Å². The molecular formula is C17H15Cl2NO3S. The smallest absolute Gasteiger partial charge is 0.338 e. The standard InChI is InChI=1S/C17H15Cl2NO3S/c18-14-11(9-12-5-8-24-16(12)15(14)19)1-2-13(21)23-17(22)10-3-6-20-7-4-10/h1-2,5,8-10,20H,3-4,6-7H2. The minimum atomic E-state index is -0.698. The number of carbonyl (C=O) groups excluding carboxylic acids is 2. The van der Waals surface area contributed by atoms with E-state index in [2.05, 4.69) is 5.32 Å². The summed E-state index contributed by atoms with van der Waals surface area (Å²) >= 11 is 14.0. The first-order valence-corrected chi connectivity index (χ1v) is 9.19. The molecule has 1 fully saturated rings. The van der Waals surface area contributed by atoms with Crippen molar-refractivity contribution in [1.82, 2.24) is 5.32 Å². The number of thiophene rings is 1. The Morgan fingerprint density at radius 2 is 2.00 bits per heavy atom. The van der Waals surface area contributed by atoms with E-state index in [-0.39, 0.29) is 5.92 Å². The monoisotopic (exact) mass is 383 g/mol. The Balaban J connectivity index is 1.70. The minimum Gasteiger partial charge on any atom is -0.390 e. The van der Waals surface area contributed by atoms with Crippen molar-refractivity contribution in [3.63, 3.8) is 0 Å². The van der Waals surface area contributed by atoms with E-state index in [4.69, 9.17) is 27.9 Å². The van der Waals surface area contributed by atoms with Crippen molar-refractivity contribution in [2.24, 2.45) is 5.92 Å². The highest BCUT2D eigenvalue weighted by Gasteiger charge is 2.23. The molecule has 1 aliphatic heterocycles. The van der Waals surface area contributed by atoms with Gasteiger partial charge in [0.1, 0.15) is 0 Å². The number of ether oxygens (including phenoxy) is 1. The third-order valence-electron chi connectivity index (χ3n) is 3.92. The van der Waals surface area contributed by atoms with E-state index >= 15 is 0 Å². The molecule has 0 radical (unpaired) electrons.